The number of para-hydroxylation sites is 1. The van der Waals surface area contributed by atoms with Crippen LogP contribution in [0.5, 0.6) is 0 Å². The van der Waals surface area contributed by atoms with Gasteiger partial charge < -0.3 is 4.57 Å². The van der Waals surface area contributed by atoms with Gasteiger partial charge in [-0.2, -0.15) is 4.99 Å². The van der Waals surface area contributed by atoms with Crippen LogP contribution in [0.15, 0.2) is 53.5 Å². The van der Waals surface area contributed by atoms with Crippen molar-refractivity contribution < 1.29 is 9.18 Å². The van der Waals surface area contributed by atoms with Gasteiger partial charge in [-0.1, -0.05) is 42.5 Å². The Balaban J connectivity index is 2.14. The second kappa shape index (κ2) is 6.23. The van der Waals surface area contributed by atoms with Crippen LogP contribution in [0, 0.1) is 5.82 Å². The zero-order valence-corrected chi connectivity index (χ0v) is 12.9. The first-order valence-electron chi connectivity index (χ1n) is 7.12. The molecule has 0 fully saturated rings. The lowest BCUT2D eigenvalue weighted by molar-refractivity contribution is 0.0994. The summed E-state index contributed by atoms with van der Waals surface area (Å²) in [6.07, 6.45) is 0.932. The number of rotatable bonds is 3. The smallest absolute Gasteiger partial charge is 0.282 e. The standard InChI is InChI=1S/C17H15FN2OS/c1-2-11-20-14-9-5-6-10-15(14)22-17(20)19-16(21)12-7-3-4-8-13(12)18/h3-10H,2,11H2,1H3. The van der Waals surface area contributed by atoms with E-state index in [9.17, 15) is 9.18 Å². The molecule has 3 aromatic rings. The van der Waals surface area contributed by atoms with Crippen molar-refractivity contribution in [1.82, 2.24) is 4.57 Å². The van der Waals surface area contributed by atoms with Crippen molar-refractivity contribution >= 4 is 27.5 Å². The third-order valence-electron chi connectivity index (χ3n) is 3.34. The molecule has 0 bridgehead atoms. The number of aromatic nitrogens is 1. The molecule has 3 rings (SSSR count). The van der Waals surface area contributed by atoms with Gasteiger partial charge in [-0.05, 0) is 30.7 Å². The van der Waals surface area contributed by atoms with E-state index in [-0.39, 0.29) is 5.56 Å². The Bertz CT molecular complexity index is 895. The number of halogens is 1. The Kier molecular flexibility index (Phi) is 4.15. The molecule has 5 heteroatoms. The van der Waals surface area contributed by atoms with E-state index in [2.05, 4.69) is 11.9 Å². The number of hydrogen-bond acceptors (Lipinski definition) is 2. The fourth-order valence-electron chi connectivity index (χ4n) is 2.33. The van der Waals surface area contributed by atoms with Crippen LogP contribution in [0.1, 0.15) is 23.7 Å². The summed E-state index contributed by atoms with van der Waals surface area (Å²) < 4.78 is 16.8. The van der Waals surface area contributed by atoms with Crippen LogP contribution in [-0.2, 0) is 6.54 Å². The first kappa shape index (κ1) is 14.7. The predicted molar refractivity (Wildman–Crippen MR) is 86.4 cm³/mol. The molecule has 3 nitrogen and oxygen atoms in total. The number of nitrogens with zero attached hydrogens (tertiary/aromatic N) is 2. The Morgan fingerprint density at radius 3 is 2.68 bits per heavy atom. The minimum atomic E-state index is -0.547. The second-order valence-corrected chi connectivity index (χ2v) is 5.91. The first-order valence-corrected chi connectivity index (χ1v) is 7.94. The van der Waals surface area contributed by atoms with Gasteiger partial charge in [-0.15, -0.1) is 0 Å². The lowest BCUT2D eigenvalue weighted by atomic mass is 10.2. The normalized spacial score (nSPS) is 12.0. The van der Waals surface area contributed by atoms with Gasteiger partial charge in [0.1, 0.15) is 5.82 Å². The Morgan fingerprint density at radius 2 is 1.91 bits per heavy atom. The molecule has 0 atom stereocenters. The van der Waals surface area contributed by atoms with E-state index in [0.29, 0.717) is 4.80 Å². The van der Waals surface area contributed by atoms with Crippen molar-refractivity contribution in [2.75, 3.05) is 0 Å². The summed E-state index contributed by atoms with van der Waals surface area (Å²) in [6.45, 7) is 2.84. The molecule has 0 aliphatic heterocycles. The van der Waals surface area contributed by atoms with Crippen LogP contribution in [-0.4, -0.2) is 10.5 Å². The number of aryl methyl sites for hydroxylation is 1. The zero-order chi connectivity index (χ0) is 15.5. The highest BCUT2D eigenvalue weighted by molar-refractivity contribution is 7.16. The molecule has 0 spiro atoms. The summed E-state index contributed by atoms with van der Waals surface area (Å²) in [7, 11) is 0. The van der Waals surface area contributed by atoms with Crippen molar-refractivity contribution in [2.45, 2.75) is 19.9 Å². The maximum absolute atomic E-state index is 13.7. The van der Waals surface area contributed by atoms with Crippen molar-refractivity contribution in [3.05, 3.63) is 64.7 Å². The summed E-state index contributed by atoms with van der Waals surface area (Å²) in [5, 5.41) is 0. The molecular formula is C17H15FN2OS. The summed E-state index contributed by atoms with van der Waals surface area (Å²) in [5.41, 5.74) is 1.05. The highest BCUT2D eigenvalue weighted by Gasteiger charge is 2.11. The average molecular weight is 314 g/mol. The summed E-state index contributed by atoms with van der Waals surface area (Å²) in [5.74, 6) is -1.09. The van der Waals surface area contributed by atoms with Gasteiger partial charge in [0.15, 0.2) is 4.80 Å². The van der Waals surface area contributed by atoms with E-state index in [1.54, 1.807) is 12.1 Å². The molecule has 0 aliphatic carbocycles. The van der Waals surface area contributed by atoms with Gasteiger partial charge in [-0.3, -0.25) is 4.79 Å². The molecule has 0 N–H and O–H groups in total. The van der Waals surface area contributed by atoms with E-state index >= 15 is 0 Å². The van der Waals surface area contributed by atoms with Crippen LogP contribution in [0.4, 0.5) is 4.39 Å². The second-order valence-electron chi connectivity index (χ2n) is 4.90. The third kappa shape index (κ3) is 2.72. The topological polar surface area (TPSA) is 34.4 Å². The average Bonchev–Trinajstić information content (AvgIpc) is 2.86. The summed E-state index contributed by atoms with van der Waals surface area (Å²) in [6, 6.07) is 13.8. The van der Waals surface area contributed by atoms with Crippen LogP contribution in [0.25, 0.3) is 10.2 Å². The molecule has 112 valence electrons. The van der Waals surface area contributed by atoms with Gasteiger partial charge in [0.25, 0.3) is 5.91 Å². The first-order chi connectivity index (χ1) is 10.7. The van der Waals surface area contributed by atoms with Crippen molar-refractivity contribution in [3.8, 4) is 0 Å². The van der Waals surface area contributed by atoms with E-state index in [0.717, 1.165) is 23.2 Å². The number of fused-ring (bicyclic) bond motifs is 1. The summed E-state index contributed by atoms with van der Waals surface area (Å²) >= 11 is 1.45. The quantitative estimate of drug-likeness (QED) is 0.719. The monoisotopic (exact) mass is 314 g/mol. The van der Waals surface area contributed by atoms with Crippen LogP contribution in [0.3, 0.4) is 0 Å². The maximum atomic E-state index is 13.7. The van der Waals surface area contributed by atoms with E-state index in [1.807, 2.05) is 28.8 Å². The number of amides is 1. The minimum absolute atomic E-state index is 0.00278. The van der Waals surface area contributed by atoms with Crippen LogP contribution < -0.4 is 4.80 Å². The molecule has 0 saturated carbocycles. The molecule has 22 heavy (non-hydrogen) atoms. The molecule has 1 amide bonds. The van der Waals surface area contributed by atoms with Crippen molar-refractivity contribution in [3.63, 3.8) is 0 Å². The van der Waals surface area contributed by atoms with Crippen molar-refractivity contribution in [1.29, 1.82) is 0 Å². The number of carbonyl (C=O) groups is 1. The van der Waals surface area contributed by atoms with Crippen LogP contribution in [0.2, 0.25) is 0 Å². The fourth-order valence-corrected chi connectivity index (χ4v) is 3.38. The van der Waals surface area contributed by atoms with Gasteiger partial charge in [-0.25, -0.2) is 4.39 Å². The molecule has 1 heterocycles. The Morgan fingerprint density at radius 1 is 1.18 bits per heavy atom. The van der Waals surface area contributed by atoms with E-state index in [1.165, 1.54) is 23.5 Å². The van der Waals surface area contributed by atoms with Gasteiger partial charge in [0.2, 0.25) is 0 Å². The van der Waals surface area contributed by atoms with Crippen LogP contribution >= 0.6 is 11.3 Å². The lowest BCUT2D eigenvalue weighted by Crippen LogP contribution is -2.17. The predicted octanol–water partition coefficient (Wildman–Crippen LogP) is 3.99. The van der Waals surface area contributed by atoms with Gasteiger partial charge >= 0.3 is 0 Å². The minimum Gasteiger partial charge on any atom is -0.316 e. The van der Waals surface area contributed by atoms with E-state index in [4.69, 9.17) is 0 Å². The van der Waals surface area contributed by atoms with E-state index < -0.39 is 11.7 Å². The highest BCUT2D eigenvalue weighted by Crippen LogP contribution is 2.17. The molecule has 0 saturated heterocycles. The molecular weight excluding hydrogens is 299 g/mol. The zero-order valence-electron chi connectivity index (χ0n) is 12.1. The number of hydrogen-bond donors (Lipinski definition) is 0. The SMILES string of the molecule is CCCn1c(=NC(=O)c2ccccc2F)sc2ccccc21. The summed E-state index contributed by atoms with van der Waals surface area (Å²) in [4.78, 5) is 17.0. The Hall–Kier alpha value is -2.27. The molecule has 1 aromatic heterocycles. The molecule has 2 aromatic carbocycles. The van der Waals surface area contributed by atoms with Gasteiger partial charge in [0.05, 0.1) is 15.8 Å². The Labute approximate surface area is 131 Å². The largest absolute Gasteiger partial charge is 0.316 e. The highest BCUT2D eigenvalue weighted by atomic mass is 32.1. The van der Waals surface area contributed by atoms with Gasteiger partial charge in [0, 0.05) is 6.54 Å². The maximum Gasteiger partial charge on any atom is 0.282 e. The number of carbonyl (C=O) groups excluding carboxylic acids is 1. The number of benzene rings is 2. The fraction of sp³-hybridized carbons (Fsp3) is 0.176. The molecule has 0 unspecified atom stereocenters. The number of thiazole rings is 1. The van der Waals surface area contributed by atoms with Crippen molar-refractivity contribution in [2.24, 2.45) is 4.99 Å². The third-order valence-corrected chi connectivity index (χ3v) is 4.40. The lowest BCUT2D eigenvalue weighted by Gasteiger charge is -2.02. The molecule has 0 aliphatic rings. The molecule has 0 radical (unpaired) electrons.